The van der Waals surface area contributed by atoms with Crippen LogP contribution in [0.2, 0.25) is 0 Å². The number of hydrogen-bond donors (Lipinski definition) is 2. The Morgan fingerprint density at radius 1 is 1.37 bits per heavy atom. The Hall–Kier alpha value is -1.63. The van der Waals surface area contributed by atoms with Crippen LogP contribution in [0.15, 0.2) is 0 Å². The van der Waals surface area contributed by atoms with Crippen LogP contribution in [-0.4, -0.2) is 45.4 Å². The van der Waals surface area contributed by atoms with Crippen molar-refractivity contribution < 1.29 is 9.84 Å². The molecule has 2 rings (SSSR count). The summed E-state index contributed by atoms with van der Waals surface area (Å²) in [7, 11) is 0. The second kappa shape index (κ2) is 6.01. The van der Waals surface area contributed by atoms with E-state index in [1.54, 1.807) is 0 Å². The highest BCUT2D eigenvalue weighted by molar-refractivity contribution is 5.37. The third-order valence-electron chi connectivity index (χ3n) is 3.06. The van der Waals surface area contributed by atoms with E-state index < -0.39 is 0 Å². The molecule has 1 unspecified atom stereocenters. The van der Waals surface area contributed by atoms with Gasteiger partial charge in [0.2, 0.25) is 11.9 Å². The number of ether oxygens (including phenoxy) is 1. The minimum atomic E-state index is -0.0235. The number of rotatable bonds is 4. The molecule has 1 atom stereocenters. The fourth-order valence-electron chi connectivity index (χ4n) is 2.21. The van der Waals surface area contributed by atoms with Crippen molar-refractivity contribution in [1.29, 1.82) is 0 Å². The molecule has 1 saturated heterocycles. The van der Waals surface area contributed by atoms with Gasteiger partial charge < -0.3 is 20.5 Å². The molecule has 1 aromatic rings. The van der Waals surface area contributed by atoms with Crippen LogP contribution in [0.1, 0.15) is 33.1 Å². The van der Waals surface area contributed by atoms with Gasteiger partial charge in [0.25, 0.3) is 0 Å². The molecule has 106 valence electrons. The van der Waals surface area contributed by atoms with Gasteiger partial charge in [-0.2, -0.15) is 15.0 Å². The number of hydrogen-bond acceptors (Lipinski definition) is 7. The van der Waals surface area contributed by atoms with Crippen molar-refractivity contribution in [2.24, 2.45) is 0 Å². The van der Waals surface area contributed by atoms with Gasteiger partial charge >= 0.3 is 6.01 Å². The van der Waals surface area contributed by atoms with Gasteiger partial charge in [0.15, 0.2) is 0 Å². The van der Waals surface area contributed by atoms with Gasteiger partial charge in [-0.25, -0.2) is 0 Å². The van der Waals surface area contributed by atoms with E-state index in [-0.39, 0.29) is 30.7 Å². The number of piperidine rings is 1. The lowest BCUT2D eigenvalue weighted by Gasteiger charge is -2.34. The highest BCUT2D eigenvalue weighted by atomic mass is 16.5. The van der Waals surface area contributed by atoms with Crippen molar-refractivity contribution in [1.82, 2.24) is 15.0 Å². The molecular weight excluding hydrogens is 246 g/mol. The summed E-state index contributed by atoms with van der Waals surface area (Å²) < 4.78 is 5.46. The molecule has 2 heterocycles. The first-order valence-corrected chi connectivity index (χ1v) is 6.66. The van der Waals surface area contributed by atoms with Gasteiger partial charge in [-0.3, -0.25) is 0 Å². The molecule has 0 bridgehead atoms. The smallest absolute Gasteiger partial charge is 0.323 e. The molecule has 1 aliphatic heterocycles. The largest absolute Gasteiger partial charge is 0.461 e. The summed E-state index contributed by atoms with van der Waals surface area (Å²) in [6.07, 6.45) is 3.08. The molecule has 0 aliphatic carbocycles. The quantitative estimate of drug-likeness (QED) is 0.824. The lowest BCUT2D eigenvalue weighted by molar-refractivity contribution is 0.219. The van der Waals surface area contributed by atoms with E-state index in [4.69, 9.17) is 10.5 Å². The first-order valence-electron chi connectivity index (χ1n) is 6.66. The fourth-order valence-corrected chi connectivity index (χ4v) is 2.21. The van der Waals surface area contributed by atoms with Crippen LogP contribution in [0.25, 0.3) is 0 Å². The molecule has 0 aromatic carbocycles. The topological polar surface area (TPSA) is 97.4 Å². The Morgan fingerprint density at radius 3 is 2.84 bits per heavy atom. The molecule has 0 saturated carbocycles. The van der Waals surface area contributed by atoms with Gasteiger partial charge in [0.05, 0.1) is 18.8 Å². The van der Waals surface area contributed by atoms with E-state index in [1.807, 2.05) is 18.7 Å². The monoisotopic (exact) mass is 267 g/mol. The van der Waals surface area contributed by atoms with Crippen LogP contribution in [0.5, 0.6) is 6.01 Å². The SMILES string of the molecule is CC(C)Oc1nc(N)nc(N2CCCCC2CO)n1. The van der Waals surface area contributed by atoms with E-state index in [1.165, 1.54) is 0 Å². The van der Waals surface area contributed by atoms with E-state index in [9.17, 15) is 5.11 Å². The molecule has 1 fully saturated rings. The first-order chi connectivity index (χ1) is 9.10. The van der Waals surface area contributed by atoms with Crippen molar-refractivity contribution in [3.63, 3.8) is 0 Å². The summed E-state index contributed by atoms with van der Waals surface area (Å²) in [5, 5.41) is 9.43. The zero-order valence-corrected chi connectivity index (χ0v) is 11.4. The van der Waals surface area contributed by atoms with Crippen LogP contribution >= 0.6 is 0 Å². The van der Waals surface area contributed by atoms with Crippen LogP contribution in [0.3, 0.4) is 0 Å². The molecular formula is C12H21N5O2. The number of anilines is 2. The minimum Gasteiger partial charge on any atom is -0.461 e. The maximum atomic E-state index is 9.43. The lowest BCUT2D eigenvalue weighted by Crippen LogP contribution is -2.43. The van der Waals surface area contributed by atoms with Crippen LogP contribution < -0.4 is 15.4 Å². The molecule has 3 N–H and O–H groups in total. The average molecular weight is 267 g/mol. The zero-order chi connectivity index (χ0) is 13.8. The van der Waals surface area contributed by atoms with Gasteiger partial charge in [-0.1, -0.05) is 0 Å². The van der Waals surface area contributed by atoms with Gasteiger partial charge in [-0.05, 0) is 33.1 Å². The first kappa shape index (κ1) is 13.8. The third kappa shape index (κ3) is 3.44. The lowest BCUT2D eigenvalue weighted by atomic mass is 10.0. The molecule has 19 heavy (non-hydrogen) atoms. The second-order valence-corrected chi connectivity index (χ2v) is 4.97. The number of nitrogens with zero attached hydrogens (tertiary/aromatic N) is 4. The van der Waals surface area contributed by atoms with Crippen molar-refractivity contribution in [2.75, 3.05) is 23.8 Å². The molecule has 7 nitrogen and oxygen atoms in total. The van der Waals surface area contributed by atoms with Gasteiger partial charge in [0.1, 0.15) is 0 Å². The maximum Gasteiger partial charge on any atom is 0.323 e. The Balaban J connectivity index is 2.24. The van der Waals surface area contributed by atoms with Crippen LogP contribution in [0, 0.1) is 0 Å². The van der Waals surface area contributed by atoms with E-state index >= 15 is 0 Å². The summed E-state index contributed by atoms with van der Waals surface area (Å²) >= 11 is 0. The van der Waals surface area contributed by atoms with E-state index in [2.05, 4.69) is 15.0 Å². The third-order valence-corrected chi connectivity index (χ3v) is 3.06. The van der Waals surface area contributed by atoms with Crippen molar-refractivity contribution >= 4 is 11.9 Å². The Bertz CT molecular complexity index is 427. The van der Waals surface area contributed by atoms with Crippen LogP contribution in [0.4, 0.5) is 11.9 Å². The molecule has 1 aliphatic rings. The zero-order valence-electron chi connectivity index (χ0n) is 11.4. The number of aliphatic hydroxyl groups excluding tert-OH is 1. The number of aliphatic hydroxyl groups is 1. The highest BCUT2D eigenvalue weighted by Gasteiger charge is 2.25. The van der Waals surface area contributed by atoms with Gasteiger partial charge in [0, 0.05) is 6.54 Å². The number of nitrogens with two attached hydrogens (primary N) is 1. The maximum absolute atomic E-state index is 9.43. The fraction of sp³-hybridized carbons (Fsp3) is 0.750. The Kier molecular flexibility index (Phi) is 4.36. The molecule has 7 heteroatoms. The molecule has 0 amide bonds. The Labute approximate surface area is 112 Å². The van der Waals surface area contributed by atoms with Crippen molar-refractivity contribution in [2.45, 2.75) is 45.3 Å². The van der Waals surface area contributed by atoms with Crippen molar-refractivity contribution in [3.8, 4) is 6.01 Å². The standard InChI is InChI=1S/C12H21N5O2/c1-8(2)19-12-15-10(13)14-11(16-12)17-6-4-3-5-9(17)7-18/h8-9,18H,3-7H2,1-2H3,(H2,13,14,15,16). The van der Waals surface area contributed by atoms with Crippen LogP contribution in [-0.2, 0) is 0 Å². The average Bonchev–Trinajstić information content (AvgIpc) is 2.37. The van der Waals surface area contributed by atoms with E-state index in [0.717, 1.165) is 25.8 Å². The van der Waals surface area contributed by atoms with Crippen molar-refractivity contribution in [3.05, 3.63) is 0 Å². The predicted octanol–water partition coefficient (Wildman–Crippen LogP) is 0.592. The highest BCUT2D eigenvalue weighted by Crippen LogP contribution is 2.23. The number of nitrogen functional groups attached to an aromatic ring is 1. The summed E-state index contributed by atoms with van der Waals surface area (Å²) in [6.45, 7) is 4.70. The number of aromatic nitrogens is 3. The second-order valence-electron chi connectivity index (χ2n) is 4.97. The summed E-state index contributed by atoms with van der Waals surface area (Å²) in [5.41, 5.74) is 5.70. The van der Waals surface area contributed by atoms with E-state index in [0.29, 0.717) is 5.95 Å². The molecule has 1 aromatic heterocycles. The summed E-state index contributed by atoms with van der Waals surface area (Å²) in [6, 6.07) is 0.280. The predicted molar refractivity (Wildman–Crippen MR) is 72.1 cm³/mol. The Morgan fingerprint density at radius 2 is 2.16 bits per heavy atom. The molecule has 0 radical (unpaired) electrons. The molecule has 0 spiro atoms. The normalized spacial score (nSPS) is 19.8. The summed E-state index contributed by atoms with van der Waals surface area (Å²) in [5.74, 6) is 0.629. The minimum absolute atomic E-state index is 0.0235. The van der Waals surface area contributed by atoms with Gasteiger partial charge in [-0.15, -0.1) is 0 Å². The summed E-state index contributed by atoms with van der Waals surface area (Å²) in [4.78, 5) is 14.4.